The molecule has 1 fully saturated rings. The smallest absolute Gasteiger partial charge is 0.424 e. The highest BCUT2D eigenvalue weighted by atomic mass is 19.2. The Morgan fingerprint density at radius 2 is 1.19 bits per heavy atom. The number of anilines is 2. The van der Waals surface area contributed by atoms with Crippen molar-refractivity contribution in [2.24, 2.45) is 0 Å². The first kappa shape index (κ1) is 36.5. The van der Waals surface area contributed by atoms with Crippen molar-refractivity contribution in [3.63, 3.8) is 0 Å². The lowest BCUT2D eigenvalue weighted by atomic mass is 10.2. The predicted octanol–water partition coefficient (Wildman–Crippen LogP) is 6.80. The Kier molecular flexibility index (Phi) is 12.8. The highest BCUT2D eigenvalue weighted by molar-refractivity contribution is 6.11. The van der Waals surface area contributed by atoms with Gasteiger partial charge < -0.3 is 19.9 Å². The summed E-state index contributed by atoms with van der Waals surface area (Å²) >= 11 is 0. The molecule has 1 saturated heterocycles. The molecule has 1 aliphatic heterocycles. The van der Waals surface area contributed by atoms with Crippen molar-refractivity contribution in [1.29, 1.82) is 0 Å². The van der Waals surface area contributed by atoms with Gasteiger partial charge in [0.1, 0.15) is 16.9 Å². The second-order valence-electron chi connectivity index (χ2n) is 10.7. The van der Waals surface area contributed by atoms with Crippen LogP contribution < -0.4 is 10.6 Å². The Morgan fingerprint density at radius 1 is 0.791 bits per heavy atom. The average Bonchev–Trinajstić information content (AvgIpc) is 3.44. The number of carbonyl (C=O) groups is 2. The maximum atomic E-state index is 14.3. The van der Waals surface area contributed by atoms with Gasteiger partial charge in [-0.3, -0.25) is 20.2 Å². The third-order valence-electron chi connectivity index (χ3n) is 4.75. The number of nitro benzene ring substituents is 2. The number of amides is 2. The molecule has 2 aromatic carbocycles. The van der Waals surface area contributed by atoms with Gasteiger partial charge >= 0.3 is 12.2 Å². The lowest BCUT2D eigenvalue weighted by Crippen LogP contribution is -2.44. The van der Waals surface area contributed by atoms with E-state index in [0.717, 1.165) is 19.3 Å². The number of hydrogen-bond donors (Lipinski definition) is 1. The lowest BCUT2D eigenvalue weighted by Gasteiger charge is -2.28. The van der Waals surface area contributed by atoms with Crippen molar-refractivity contribution in [3.8, 4) is 0 Å². The van der Waals surface area contributed by atoms with Crippen LogP contribution in [-0.2, 0) is 14.2 Å². The second-order valence-corrected chi connectivity index (χ2v) is 10.7. The summed E-state index contributed by atoms with van der Waals surface area (Å²) in [5, 5.41) is 21.3. The van der Waals surface area contributed by atoms with E-state index in [1.807, 2.05) is 0 Å². The van der Waals surface area contributed by atoms with Gasteiger partial charge in [0.15, 0.2) is 29.0 Å². The number of nitrogens with two attached hydrogens (primary N) is 1. The van der Waals surface area contributed by atoms with Crippen LogP contribution in [0.2, 0.25) is 0 Å². The van der Waals surface area contributed by atoms with Crippen LogP contribution in [-0.4, -0.2) is 46.4 Å². The largest absolute Gasteiger partial charge is 0.443 e. The number of rotatable bonds is 3. The van der Waals surface area contributed by atoms with Gasteiger partial charge in [0, 0.05) is 25.3 Å². The van der Waals surface area contributed by atoms with Crippen LogP contribution >= 0.6 is 0 Å². The maximum absolute atomic E-state index is 14.3. The highest BCUT2D eigenvalue weighted by Gasteiger charge is 2.39. The van der Waals surface area contributed by atoms with Gasteiger partial charge in [-0.1, -0.05) is 0 Å². The number of ether oxygens (including phenoxy) is 3. The molecule has 1 aliphatic rings. The summed E-state index contributed by atoms with van der Waals surface area (Å²) in [6.07, 6.45) is -0.335. The Hall–Kier alpha value is -4.54. The van der Waals surface area contributed by atoms with E-state index in [1.54, 1.807) is 0 Å². The van der Waals surface area contributed by atoms with Gasteiger partial charge in [-0.2, -0.15) is 4.90 Å². The molecular weight excluding hydrogens is 588 g/mol. The van der Waals surface area contributed by atoms with Crippen molar-refractivity contribution >= 4 is 34.9 Å². The van der Waals surface area contributed by atoms with Crippen molar-refractivity contribution in [2.75, 3.05) is 23.8 Å². The molecule has 2 aromatic rings. The molecule has 2 amide bonds. The van der Waals surface area contributed by atoms with Crippen LogP contribution in [0.25, 0.3) is 0 Å². The van der Waals surface area contributed by atoms with Crippen LogP contribution in [0.15, 0.2) is 24.3 Å². The Bertz CT molecular complexity index is 1310. The summed E-state index contributed by atoms with van der Waals surface area (Å²) < 4.78 is 67.8. The molecule has 1 heterocycles. The molecule has 17 heteroatoms. The fourth-order valence-corrected chi connectivity index (χ4v) is 2.99. The molecule has 0 saturated carbocycles. The average molecular weight is 621 g/mol. The molecule has 43 heavy (non-hydrogen) atoms. The number of imide groups is 1. The predicted molar refractivity (Wildman–Crippen MR) is 145 cm³/mol. The van der Waals surface area contributed by atoms with Gasteiger partial charge in [-0.05, 0) is 66.5 Å². The SMILES string of the molecule is C1CCOC1.CC(C)(C)OC(=O)N(C(=O)OC(C)(C)C)c1c([N+](=O)[O-])ccc(F)c1F.Nc1c([N+](=O)[O-])ccc(F)c1F. The zero-order valence-corrected chi connectivity index (χ0v) is 24.2. The fourth-order valence-electron chi connectivity index (χ4n) is 2.99. The zero-order chi connectivity index (χ0) is 33.3. The van der Waals surface area contributed by atoms with E-state index < -0.39 is 79.3 Å². The quantitative estimate of drug-likeness (QED) is 0.166. The third kappa shape index (κ3) is 11.3. The van der Waals surface area contributed by atoms with Crippen molar-refractivity contribution in [3.05, 3.63) is 67.8 Å². The van der Waals surface area contributed by atoms with E-state index in [2.05, 4.69) is 0 Å². The van der Waals surface area contributed by atoms with E-state index in [-0.39, 0.29) is 4.90 Å². The Balaban J connectivity index is 0.000000440. The molecule has 13 nitrogen and oxygen atoms in total. The topological polar surface area (TPSA) is 177 Å². The summed E-state index contributed by atoms with van der Waals surface area (Å²) in [5.74, 6) is -5.82. The standard InChI is InChI=1S/C16H20F2N2O6.C6H4F2N2O2.C4H8O/c1-15(2,3)25-13(21)19(14(22)26-16(4,5)6)12-10(20(23)24)8-7-9(17)11(12)18;7-3-1-2-4(10(11)12)6(9)5(3)8;1-2-4-5-3-1/h7-8H,1-6H3;1-2H,9H2;1-4H2. The van der Waals surface area contributed by atoms with Gasteiger partial charge in [-0.15, -0.1) is 0 Å². The number of nitrogen functional groups attached to an aromatic ring is 1. The molecule has 238 valence electrons. The number of halogens is 4. The Morgan fingerprint density at radius 3 is 1.53 bits per heavy atom. The number of hydrogen-bond acceptors (Lipinski definition) is 10. The van der Waals surface area contributed by atoms with Gasteiger partial charge in [0.25, 0.3) is 11.4 Å². The lowest BCUT2D eigenvalue weighted by molar-refractivity contribution is -0.384. The molecule has 0 aromatic heterocycles. The molecule has 2 N–H and O–H groups in total. The fraction of sp³-hybridized carbons (Fsp3) is 0.462. The maximum Gasteiger partial charge on any atom is 0.424 e. The molecule has 0 unspecified atom stereocenters. The molecule has 0 radical (unpaired) electrons. The van der Waals surface area contributed by atoms with Gasteiger partial charge in [0.05, 0.1) is 9.85 Å². The minimum atomic E-state index is -1.75. The Labute approximate surface area is 243 Å². The van der Waals surface area contributed by atoms with E-state index in [9.17, 15) is 47.4 Å². The zero-order valence-electron chi connectivity index (χ0n) is 24.2. The molecule has 0 spiro atoms. The first-order valence-electron chi connectivity index (χ1n) is 12.5. The molecular formula is C26H32F4N4O9. The summed E-state index contributed by atoms with van der Waals surface area (Å²) in [4.78, 5) is 44.2. The minimum absolute atomic E-state index is 0.0208. The van der Waals surface area contributed by atoms with Crippen LogP contribution in [0, 0.1) is 43.5 Å². The monoisotopic (exact) mass is 620 g/mol. The first-order chi connectivity index (χ1) is 19.7. The van der Waals surface area contributed by atoms with E-state index in [0.29, 0.717) is 18.2 Å². The van der Waals surface area contributed by atoms with E-state index in [1.165, 1.54) is 54.4 Å². The minimum Gasteiger partial charge on any atom is -0.443 e. The molecule has 0 aliphatic carbocycles. The van der Waals surface area contributed by atoms with Crippen LogP contribution in [0.3, 0.4) is 0 Å². The number of carbonyl (C=O) groups excluding carboxylic acids is 2. The van der Waals surface area contributed by atoms with E-state index >= 15 is 0 Å². The molecule has 0 atom stereocenters. The number of nitro groups is 2. The van der Waals surface area contributed by atoms with E-state index in [4.69, 9.17) is 19.9 Å². The summed E-state index contributed by atoms with van der Waals surface area (Å²) in [6.45, 7) is 10.8. The van der Waals surface area contributed by atoms with Gasteiger partial charge in [0.2, 0.25) is 0 Å². The normalized spacial score (nSPS) is 12.6. The molecule has 3 rings (SSSR count). The summed E-state index contributed by atoms with van der Waals surface area (Å²) in [7, 11) is 0. The number of nitrogens with zero attached hydrogens (tertiary/aromatic N) is 3. The third-order valence-corrected chi connectivity index (χ3v) is 4.75. The number of benzene rings is 2. The van der Waals surface area contributed by atoms with Gasteiger partial charge in [-0.25, -0.2) is 27.2 Å². The molecule has 0 bridgehead atoms. The summed E-state index contributed by atoms with van der Waals surface area (Å²) in [6, 6.07) is 2.62. The van der Waals surface area contributed by atoms with Crippen LogP contribution in [0.4, 0.5) is 49.9 Å². The second kappa shape index (κ2) is 15.1. The van der Waals surface area contributed by atoms with Crippen molar-refractivity contribution < 1.29 is 51.2 Å². The van der Waals surface area contributed by atoms with Crippen molar-refractivity contribution in [2.45, 2.75) is 65.6 Å². The van der Waals surface area contributed by atoms with Crippen LogP contribution in [0.1, 0.15) is 54.4 Å². The summed E-state index contributed by atoms with van der Waals surface area (Å²) in [5.41, 5.74) is -0.906. The first-order valence-corrected chi connectivity index (χ1v) is 12.5. The highest BCUT2D eigenvalue weighted by Crippen LogP contribution is 2.35. The van der Waals surface area contributed by atoms with Crippen molar-refractivity contribution in [1.82, 2.24) is 0 Å². The van der Waals surface area contributed by atoms with Crippen LogP contribution in [0.5, 0.6) is 0 Å².